The number of aliphatic hydroxyl groups is 1. The molecular weight excluding hydrogens is 412 g/mol. The van der Waals surface area contributed by atoms with Gasteiger partial charge in [0, 0.05) is 22.0 Å². The molecule has 1 aromatic carbocycles. The Morgan fingerprint density at radius 1 is 1.40 bits per heavy atom. The number of piperidine rings is 1. The van der Waals surface area contributed by atoms with Crippen LogP contribution in [0.2, 0.25) is 0 Å². The van der Waals surface area contributed by atoms with Crippen molar-refractivity contribution in [3.63, 3.8) is 0 Å². The van der Waals surface area contributed by atoms with Gasteiger partial charge in [0.25, 0.3) is 0 Å². The number of halogens is 2. The maximum absolute atomic E-state index is 12.7. The molecule has 2 unspecified atom stereocenters. The number of nitrogens with zero attached hydrogens (tertiary/aromatic N) is 1. The SMILES string of the molecule is CC1CN(S(=O)(=O)c2c(N)cc(Br)cc2Br)CCC1O. The summed E-state index contributed by atoms with van der Waals surface area (Å²) in [4.78, 5) is 0.0873. The maximum atomic E-state index is 12.7. The summed E-state index contributed by atoms with van der Waals surface area (Å²) in [5, 5.41) is 9.72. The molecule has 8 heteroatoms. The normalized spacial score (nSPS) is 24.8. The first-order chi connectivity index (χ1) is 9.23. The van der Waals surface area contributed by atoms with Gasteiger partial charge in [-0.15, -0.1) is 0 Å². The van der Waals surface area contributed by atoms with Crippen molar-refractivity contribution < 1.29 is 13.5 Å². The van der Waals surface area contributed by atoms with Crippen LogP contribution in [0.1, 0.15) is 13.3 Å². The van der Waals surface area contributed by atoms with Gasteiger partial charge in [-0.25, -0.2) is 8.42 Å². The summed E-state index contributed by atoms with van der Waals surface area (Å²) in [6.07, 6.45) is -0.0128. The summed E-state index contributed by atoms with van der Waals surface area (Å²) in [6.45, 7) is 2.44. The van der Waals surface area contributed by atoms with Crippen LogP contribution in [0, 0.1) is 5.92 Å². The van der Waals surface area contributed by atoms with Gasteiger partial charge in [-0.2, -0.15) is 4.31 Å². The van der Waals surface area contributed by atoms with Crippen molar-refractivity contribution in [1.29, 1.82) is 0 Å². The van der Waals surface area contributed by atoms with Crippen LogP contribution >= 0.6 is 31.9 Å². The number of hydrogen-bond acceptors (Lipinski definition) is 4. The minimum Gasteiger partial charge on any atom is -0.398 e. The van der Waals surface area contributed by atoms with E-state index in [1.165, 1.54) is 4.31 Å². The Morgan fingerprint density at radius 2 is 2.05 bits per heavy atom. The lowest BCUT2D eigenvalue weighted by atomic mass is 9.99. The molecule has 2 atom stereocenters. The van der Waals surface area contributed by atoms with E-state index in [-0.39, 0.29) is 16.5 Å². The Bertz CT molecular complexity index is 598. The van der Waals surface area contributed by atoms with Crippen molar-refractivity contribution in [2.45, 2.75) is 24.3 Å². The molecule has 1 aliphatic heterocycles. The quantitative estimate of drug-likeness (QED) is 0.708. The predicted molar refractivity (Wildman–Crippen MR) is 84.8 cm³/mol. The topological polar surface area (TPSA) is 83.6 Å². The van der Waals surface area contributed by atoms with Crippen LogP contribution in [0.25, 0.3) is 0 Å². The van der Waals surface area contributed by atoms with E-state index in [4.69, 9.17) is 5.73 Å². The first-order valence-electron chi connectivity index (χ1n) is 6.16. The molecule has 1 fully saturated rings. The highest BCUT2D eigenvalue weighted by atomic mass is 79.9. The highest BCUT2D eigenvalue weighted by Gasteiger charge is 2.34. The second kappa shape index (κ2) is 5.92. The molecule has 112 valence electrons. The highest BCUT2D eigenvalue weighted by Crippen LogP contribution is 2.35. The van der Waals surface area contributed by atoms with Gasteiger partial charge in [0.2, 0.25) is 10.0 Å². The molecule has 0 saturated carbocycles. The van der Waals surface area contributed by atoms with Crippen LogP contribution in [0.3, 0.4) is 0 Å². The van der Waals surface area contributed by atoms with Gasteiger partial charge in [0.15, 0.2) is 0 Å². The molecule has 0 aliphatic carbocycles. The maximum Gasteiger partial charge on any atom is 0.246 e. The summed E-state index contributed by atoms with van der Waals surface area (Å²) >= 11 is 6.54. The predicted octanol–water partition coefficient (Wildman–Crippen LogP) is 2.19. The molecule has 1 saturated heterocycles. The lowest BCUT2D eigenvalue weighted by Crippen LogP contribution is -2.45. The average Bonchev–Trinajstić information content (AvgIpc) is 2.30. The van der Waals surface area contributed by atoms with E-state index < -0.39 is 16.1 Å². The van der Waals surface area contributed by atoms with Crippen LogP contribution in [-0.4, -0.2) is 37.0 Å². The fourth-order valence-corrected chi connectivity index (χ4v) is 5.86. The zero-order valence-electron chi connectivity index (χ0n) is 10.9. The fourth-order valence-electron chi connectivity index (χ4n) is 2.29. The number of aliphatic hydroxyl groups excluding tert-OH is 1. The zero-order valence-corrected chi connectivity index (χ0v) is 14.9. The van der Waals surface area contributed by atoms with Crippen molar-refractivity contribution >= 4 is 47.6 Å². The van der Waals surface area contributed by atoms with Crippen molar-refractivity contribution in [3.8, 4) is 0 Å². The lowest BCUT2D eigenvalue weighted by Gasteiger charge is -2.33. The molecule has 1 aliphatic rings. The first-order valence-corrected chi connectivity index (χ1v) is 9.19. The molecule has 1 heterocycles. The second-order valence-electron chi connectivity index (χ2n) is 5.00. The summed E-state index contributed by atoms with van der Waals surface area (Å²) in [5.41, 5.74) is 6.06. The van der Waals surface area contributed by atoms with Crippen LogP contribution in [-0.2, 0) is 10.0 Å². The first kappa shape index (κ1) is 16.2. The number of benzene rings is 1. The van der Waals surface area contributed by atoms with Gasteiger partial charge in [0.05, 0.1) is 11.8 Å². The number of nitrogen functional groups attached to an aromatic ring is 1. The summed E-state index contributed by atoms with van der Waals surface area (Å²) in [6, 6.07) is 3.23. The van der Waals surface area contributed by atoms with E-state index in [0.29, 0.717) is 28.5 Å². The van der Waals surface area contributed by atoms with E-state index in [1.807, 2.05) is 6.92 Å². The van der Waals surface area contributed by atoms with Crippen molar-refractivity contribution in [1.82, 2.24) is 4.31 Å². The van der Waals surface area contributed by atoms with Gasteiger partial charge in [-0.1, -0.05) is 22.9 Å². The van der Waals surface area contributed by atoms with E-state index in [0.717, 1.165) is 0 Å². The Kier molecular flexibility index (Phi) is 4.80. The van der Waals surface area contributed by atoms with Crippen LogP contribution in [0.5, 0.6) is 0 Å². The largest absolute Gasteiger partial charge is 0.398 e. The van der Waals surface area contributed by atoms with E-state index in [1.54, 1.807) is 12.1 Å². The van der Waals surface area contributed by atoms with Crippen LogP contribution in [0.15, 0.2) is 26.0 Å². The third-order valence-electron chi connectivity index (χ3n) is 3.46. The van der Waals surface area contributed by atoms with E-state index >= 15 is 0 Å². The van der Waals surface area contributed by atoms with Crippen molar-refractivity contribution in [2.75, 3.05) is 18.8 Å². The summed E-state index contributed by atoms with van der Waals surface area (Å²) in [5.74, 6) is -0.0889. The highest BCUT2D eigenvalue weighted by molar-refractivity contribution is 9.11. The Labute approximate surface area is 135 Å². The number of anilines is 1. The fraction of sp³-hybridized carbons (Fsp3) is 0.500. The van der Waals surface area contributed by atoms with Gasteiger partial charge >= 0.3 is 0 Å². The molecule has 3 N–H and O–H groups in total. The van der Waals surface area contributed by atoms with Gasteiger partial charge in [-0.3, -0.25) is 0 Å². The monoisotopic (exact) mass is 426 g/mol. The standard InChI is InChI=1S/C12H16Br2N2O3S/c1-7-6-16(3-2-11(7)17)20(18,19)12-9(14)4-8(13)5-10(12)15/h4-5,7,11,17H,2-3,6,15H2,1H3. The molecule has 0 radical (unpaired) electrons. The summed E-state index contributed by atoms with van der Waals surface area (Å²) < 4.78 is 28.0. The molecule has 0 spiro atoms. The smallest absolute Gasteiger partial charge is 0.246 e. The van der Waals surface area contributed by atoms with Crippen molar-refractivity contribution in [3.05, 3.63) is 21.1 Å². The Morgan fingerprint density at radius 3 is 2.60 bits per heavy atom. The number of hydrogen-bond donors (Lipinski definition) is 2. The van der Waals surface area contributed by atoms with Crippen LogP contribution < -0.4 is 5.73 Å². The zero-order chi connectivity index (χ0) is 15.1. The molecule has 1 aromatic rings. The number of rotatable bonds is 2. The third-order valence-corrected chi connectivity index (χ3v) is 6.79. The number of sulfonamides is 1. The molecule has 0 amide bonds. The van der Waals surface area contributed by atoms with Crippen LogP contribution in [0.4, 0.5) is 5.69 Å². The second-order valence-corrected chi connectivity index (χ2v) is 8.65. The Hall–Kier alpha value is -0.150. The Balaban J connectivity index is 2.41. The van der Waals surface area contributed by atoms with E-state index in [9.17, 15) is 13.5 Å². The average molecular weight is 428 g/mol. The van der Waals surface area contributed by atoms with Crippen molar-refractivity contribution in [2.24, 2.45) is 5.92 Å². The third kappa shape index (κ3) is 3.04. The molecule has 2 rings (SSSR count). The molecular formula is C12H16Br2N2O3S. The molecule has 0 bridgehead atoms. The molecule has 20 heavy (non-hydrogen) atoms. The van der Waals surface area contributed by atoms with Gasteiger partial charge in [0.1, 0.15) is 4.90 Å². The molecule has 0 aromatic heterocycles. The summed E-state index contributed by atoms with van der Waals surface area (Å²) in [7, 11) is -3.67. The minimum atomic E-state index is -3.67. The lowest BCUT2D eigenvalue weighted by molar-refractivity contribution is 0.0628. The van der Waals surface area contributed by atoms with Gasteiger partial charge < -0.3 is 10.8 Å². The molecule has 5 nitrogen and oxygen atoms in total. The minimum absolute atomic E-state index is 0.0873. The number of nitrogens with two attached hydrogens (primary N) is 1. The van der Waals surface area contributed by atoms with Gasteiger partial charge in [-0.05, 0) is 40.4 Å². The van der Waals surface area contributed by atoms with E-state index in [2.05, 4.69) is 31.9 Å².